The SMILES string of the molecule is COc1ccc(C2=Nc3c(-c4ccc(OC)cc4)c(C)nn3[C@@H](c3cccnc3)C2)cc1. The van der Waals surface area contributed by atoms with E-state index in [1.54, 1.807) is 20.4 Å². The van der Waals surface area contributed by atoms with E-state index in [-0.39, 0.29) is 6.04 Å². The van der Waals surface area contributed by atoms with Gasteiger partial charge in [-0.25, -0.2) is 9.67 Å². The fourth-order valence-corrected chi connectivity index (χ4v) is 4.20. The molecule has 32 heavy (non-hydrogen) atoms. The van der Waals surface area contributed by atoms with Crippen molar-refractivity contribution in [2.75, 3.05) is 14.2 Å². The summed E-state index contributed by atoms with van der Waals surface area (Å²) in [6, 6.07) is 20.2. The molecule has 0 fully saturated rings. The lowest BCUT2D eigenvalue weighted by molar-refractivity contribution is 0.414. The second kappa shape index (κ2) is 8.30. The number of aromatic nitrogens is 3. The van der Waals surface area contributed by atoms with E-state index < -0.39 is 0 Å². The topological polar surface area (TPSA) is 61.5 Å². The number of rotatable bonds is 5. The fourth-order valence-electron chi connectivity index (χ4n) is 4.20. The number of aryl methyl sites for hydroxylation is 1. The van der Waals surface area contributed by atoms with E-state index in [1.165, 1.54) is 0 Å². The average molecular weight is 425 g/mol. The first-order valence-electron chi connectivity index (χ1n) is 10.5. The van der Waals surface area contributed by atoms with Crippen LogP contribution in [0.1, 0.15) is 29.3 Å². The quantitative estimate of drug-likeness (QED) is 0.431. The van der Waals surface area contributed by atoms with Gasteiger partial charge in [0.1, 0.15) is 11.5 Å². The Morgan fingerprint density at radius 2 is 1.53 bits per heavy atom. The summed E-state index contributed by atoms with van der Waals surface area (Å²) in [5.41, 5.74) is 6.24. The van der Waals surface area contributed by atoms with Gasteiger partial charge in [-0.15, -0.1) is 0 Å². The molecule has 0 amide bonds. The van der Waals surface area contributed by atoms with Crippen LogP contribution < -0.4 is 9.47 Å². The van der Waals surface area contributed by atoms with Crippen molar-refractivity contribution in [1.82, 2.24) is 14.8 Å². The largest absolute Gasteiger partial charge is 0.497 e. The van der Waals surface area contributed by atoms with E-state index in [2.05, 4.69) is 35.3 Å². The third kappa shape index (κ3) is 3.54. The van der Waals surface area contributed by atoms with Crippen LogP contribution in [-0.2, 0) is 0 Å². The van der Waals surface area contributed by atoms with E-state index in [1.807, 2.05) is 48.1 Å². The number of nitrogens with zero attached hydrogens (tertiary/aromatic N) is 4. The van der Waals surface area contributed by atoms with Gasteiger partial charge < -0.3 is 9.47 Å². The highest BCUT2D eigenvalue weighted by molar-refractivity contribution is 6.04. The molecule has 160 valence electrons. The molecule has 5 rings (SSSR count). The van der Waals surface area contributed by atoms with Crippen LogP contribution in [0.4, 0.5) is 5.82 Å². The van der Waals surface area contributed by atoms with Gasteiger partial charge in [0.2, 0.25) is 0 Å². The molecule has 1 aliphatic heterocycles. The van der Waals surface area contributed by atoms with Crippen molar-refractivity contribution >= 4 is 11.5 Å². The summed E-state index contributed by atoms with van der Waals surface area (Å²) in [7, 11) is 3.35. The van der Waals surface area contributed by atoms with E-state index in [9.17, 15) is 0 Å². The molecular weight excluding hydrogens is 400 g/mol. The molecule has 0 unspecified atom stereocenters. The van der Waals surface area contributed by atoms with Crippen LogP contribution in [-0.4, -0.2) is 34.7 Å². The van der Waals surface area contributed by atoms with Crippen LogP contribution in [0.2, 0.25) is 0 Å². The van der Waals surface area contributed by atoms with Crippen molar-refractivity contribution in [3.05, 3.63) is 89.9 Å². The number of benzene rings is 2. The molecule has 1 atom stereocenters. The Balaban J connectivity index is 1.67. The molecule has 0 saturated heterocycles. The third-order valence-corrected chi connectivity index (χ3v) is 5.85. The predicted octanol–water partition coefficient (Wildman–Crippen LogP) is 5.38. The molecule has 0 bridgehead atoms. The van der Waals surface area contributed by atoms with Gasteiger partial charge in [0.15, 0.2) is 5.82 Å². The Labute approximate surface area is 187 Å². The lowest BCUT2D eigenvalue weighted by Gasteiger charge is -2.25. The van der Waals surface area contributed by atoms with E-state index in [0.29, 0.717) is 0 Å². The molecule has 6 nitrogen and oxygen atoms in total. The molecule has 0 radical (unpaired) electrons. The van der Waals surface area contributed by atoms with Crippen molar-refractivity contribution in [2.45, 2.75) is 19.4 Å². The molecule has 6 heteroatoms. The number of ether oxygens (including phenoxy) is 2. The molecule has 4 aromatic rings. The van der Waals surface area contributed by atoms with Gasteiger partial charge in [0, 0.05) is 24.4 Å². The highest BCUT2D eigenvalue weighted by atomic mass is 16.5. The number of fused-ring (bicyclic) bond motifs is 1. The highest BCUT2D eigenvalue weighted by Gasteiger charge is 2.29. The normalized spacial score (nSPS) is 15.1. The van der Waals surface area contributed by atoms with Crippen LogP contribution in [0.25, 0.3) is 11.1 Å². The monoisotopic (exact) mass is 424 g/mol. The maximum Gasteiger partial charge on any atom is 0.159 e. The van der Waals surface area contributed by atoms with Crippen LogP contribution in [0.5, 0.6) is 11.5 Å². The minimum absolute atomic E-state index is 0.0130. The van der Waals surface area contributed by atoms with Gasteiger partial charge >= 0.3 is 0 Å². The van der Waals surface area contributed by atoms with Crippen LogP contribution >= 0.6 is 0 Å². The van der Waals surface area contributed by atoms with Crippen LogP contribution in [0.15, 0.2) is 78.0 Å². The van der Waals surface area contributed by atoms with Crippen molar-refractivity contribution < 1.29 is 9.47 Å². The van der Waals surface area contributed by atoms with Gasteiger partial charge in [-0.3, -0.25) is 4.98 Å². The molecule has 2 aromatic carbocycles. The first-order chi connectivity index (χ1) is 15.7. The molecule has 0 aliphatic carbocycles. The van der Waals surface area contributed by atoms with Crippen molar-refractivity contribution in [3.63, 3.8) is 0 Å². The van der Waals surface area contributed by atoms with E-state index in [4.69, 9.17) is 19.6 Å². The Bertz CT molecular complexity index is 1260. The average Bonchev–Trinajstić information content (AvgIpc) is 3.19. The Kier molecular flexibility index (Phi) is 5.19. The molecule has 3 heterocycles. The second-order valence-electron chi connectivity index (χ2n) is 7.75. The zero-order valence-corrected chi connectivity index (χ0v) is 18.3. The zero-order chi connectivity index (χ0) is 22.1. The summed E-state index contributed by atoms with van der Waals surface area (Å²) in [4.78, 5) is 9.46. The molecular formula is C26H24N4O2. The Morgan fingerprint density at radius 3 is 2.12 bits per heavy atom. The summed E-state index contributed by atoms with van der Waals surface area (Å²) >= 11 is 0. The molecule has 0 saturated carbocycles. The molecule has 2 aromatic heterocycles. The third-order valence-electron chi connectivity index (χ3n) is 5.85. The number of aliphatic imine (C=N–C) groups is 1. The molecule has 1 aliphatic rings. The lowest BCUT2D eigenvalue weighted by atomic mass is 9.96. The van der Waals surface area contributed by atoms with E-state index >= 15 is 0 Å². The van der Waals surface area contributed by atoms with Crippen molar-refractivity contribution in [2.24, 2.45) is 4.99 Å². The highest BCUT2D eigenvalue weighted by Crippen LogP contribution is 2.42. The van der Waals surface area contributed by atoms with Gasteiger partial charge in [-0.1, -0.05) is 18.2 Å². The van der Waals surface area contributed by atoms with Gasteiger partial charge in [0.25, 0.3) is 0 Å². The van der Waals surface area contributed by atoms with Gasteiger partial charge in [0.05, 0.1) is 31.7 Å². The minimum atomic E-state index is 0.0130. The maximum absolute atomic E-state index is 5.33. The van der Waals surface area contributed by atoms with Crippen LogP contribution in [0.3, 0.4) is 0 Å². The van der Waals surface area contributed by atoms with E-state index in [0.717, 1.165) is 57.4 Å². The summed E-state index contributed by atoms with van der Waals surface area (Å²) in [5.74, 6) is 2.51. The van der Waals surface area contributed by atoms with Crippen molar-refractivity contribution in [3.8, 4) is 22.6 Å². The first kappa shape index (κ1) is 20.0. The first-order valence-corrected chi connectivity index (χ1v) is 10.5. The Morgan fingerprint density at radius 1 is 0.875 bits per heavy atom. The molecule has 0 spiro atoms. The maximum atomic E-state index is 5.33. The van der Waals surface area contributed by atoms with Crippen molar-refractivity contribution in [1.29, 1.82) is 0 Å². The minimum Gasteiger partial charge on any atom is -0.497 e. The lowest BCUT2D eigenvalue weighted by Crippen LogP contribution is -2.21. The summed E-state index contributed by atoms with van der Waals surface area (Å²) in [5, 5.41) is 4.91. The predicted molar refractivity (Wildman–Crippen MR) is 125 cm³/mol. The molecule has 0 N–H and O–H groups in total. The number of pyridine rings is 1. The fraction of sp³-hybridized carbons (Fsp3) is 0.192. The number of hydrogen-bond acceptors (Lipinski definition) is 5. The van der Waals surface area contributed by atoms with Gasteiger partial charge in [-0.2, -0.15) is 5.10 Å². The van der Waals surface area contributed by atoms with Crippen LogP contribution in [0, 0.1) is 6.92 Å². The zero-order valence-electron chi connectivity index (χ0n) is 18.3. The Hall–Kier alpha value is -3.93. The standard InChI is InChI=1S/C26H24N4O2/c1-17-25(19-8-12-22(32-3)13-9-19)26-28-23(18-6-10-21(31-2)11-7-18)15-24(30(26)29-17)20-5-4-14-27-16-20/h4-14,16,24H,15H2,1-3H3/t24-/m1/s1. The smallest absolute Gasteiger partial charge is 0.159 e. The van der Waals surface area contributed by atoms with Gasteiger partial charge in [-0.05, 0) is 66.1 Å². The number of methoxy groups -OCH3 is 2. The second-order valence-corrected chi connectivity index (χ2v) is 7.75. The number of hydrogen-bond donors (Lipinski definition) is 0. The summed E-state index contributed by atoms with van der Waals surface area (Å²) in [6.07, 6.45) is 4.44. The summed E-state index contributed by atoms with van der Waals surface area (Å²) < 4.78 is 12.7. The summed E-state index contributed by atoms with van der Waals surface area (Å²) in [6.45, 7) is 2.04.